The van der Waals surface area contributed by atoms with Gasteiger partial charge in [0.2, 0.25) is 5.91 Å². The molecule has 3 aromatic rings. The highest BCUT2D eigenvalue weighted by Gasteiger charge is 2.29. The second-order valence-corrected chi connectivity index (χ2v) is 9.20. The molecule has 9 heteroatoms. The number of amides is 2. The minimum Gasteiger partial charge on any atom is -0.465 e. The van der Waals surface area contributed by atoms with Crippen molar-refractivity contribution in [3.8, 4) is 0 Å². The topological polar surface area (TPSA) is 104 Å². The third-order valence-corrected chi connectivity index (χ3v) is 6.20. The third kappa shape index (κ3) is 5.90. The molecule has 1 aliphatic heterocycles. The zero-order valence-corrected chi connectivity index (χ0v) is 21.9. The molecular formula is C29H31N5O4. The van der Waals surface area contributed by atoms with E-state index in [0.717, 1.165) is 29.9 Å². The number of carbonyl (C=O) groups excluding carboxylic acids is 3. The minimum atomic E-state index is -0.480. The molecule has 0 unspecified atom stereocenters. The number of aromatic nitrogens is 1. The van der Waals surface area contributed by atoms with Crippen LogP contribution in [0.5, 0.6) is 0 Å². The van der Waals surface area contributed by atoms with Gasteiger partial charge in [-0.3, -0.25) is 14.6 Å². The van der Waals surface area contributed by atoms with Gasteiger partial charge in [-0.05, 0) is 75.6 Å². The van der Waals surface area contributed by atoms with E-state index in [0.29, 0.717) is 34.6 Å². The Morgan fingerprint density at radius 3 is 2.42 bits per heavy atom. The molecule has 1 aromatic heterocycles. The Hall–Kier alpha value is -4.50. The number of methoxy groups -OCH3 is 1. The summed E-state index contributed by atoms with van der Waals surface area (Å²) in [6, 6.07) is 16.2. The summed E-state index contributed by atoms with van der Waals surface area (Å²) >= 11 is 0. The standard InChI is InChI=1S/C29H31N5O4/c1-19(35)34(16-6-15-33(2)3)23-11-9-22(10-12-23)31-27(21-7-5-14-30-18-21)26-24-13-8-20(29(37)38-4)17-25(24)32-28(26)36/h5,7-14,17-18,31H,6,15-16H2,1-4H3,(H,32,36)/b27-26-. The van der Waals surface area contributed by atoms with Crippen LogP contribution in [0.2, 0.25) is 0 Å². The summed E-state index contributed by atoms with van der Waals surface area (Å²) in [6.45, 7) is 3.07. The highest BCUT2D eigenvalue weighted by Crippen LogP contribution is 2.38. The predicted octanol–water partition coefficient (Wildman–Crippen LogP) is 4.11. The van der Waals surface area contributed by atoms with Crippen molar-refractivity contribution in [2.75, 3.05) is 49.8 Å². The monoisotopic (exact) mass is 513 g/mol. The number of hydrogen-bond donors (Lipinski definition) is 2. The second-order valence-electron chi connectivity index (χ2n) is 9.20. The molecule has 0 atom stereocenters. The van der Waals surface area contributed by atoms with Gasteiger partial charge < -0.3 is 25.2 Å². The van der Waals surface area contributed by atoms with E-state index >= 15 is 0 Å². The summed E-state index contributed by atoms with van der Waals surface area (Å²) in [5.41, 5.74) is 4.81. The van der Waals surface area contributed by atoms with Crippen molar-refractivity contribution < 1.29 is 19.1 Å². The molecule has 4 rings (SSSR count). The average Bonchev–Trinajstić information content (AvgIpc) is 3.24. The Morgan fingerprint density at radius 2 is 1.79 bits per heavy atom. The van der Waals surface area contributed by atoms with Crippen molar-refractivity contribution in [3.05, 3.63) is 83.7 Å². The van der Waals surface area contributed by atoms with Gasteiger partial charge in [0.1, 0.15) is 0 Å². The van der Waals surface area contributed by atoms with Crippen LogP contribution in [0.4, 0.5) is 17.1 Å². The van der Waals surface area contributed by atoms with Gasteiger partial charge in [0.15, 0.2) is 0 Å². The Morgan fingerprint density at radius 1 is 1.03 bits per heavy atom. The van der Waals surface area contributed by atoms with Gasteiger partial charge in [0.05, 0.1) is 29.6 Å². The highest BCUT2D eigenvalue weighted by atomic mass is 16.5. The van der Waals surface area contributed by atoms with E-state index in [9.17, 15) is 14.4 Å². The lowest BCUT2D eigenvalue weighted by Gasteiger charge is -2.23. The van der Waals surface area contributed by atoms with Gasteiger partial charge in [-0.25, -0.2) is 4.79 Å². The Balaban J connectivity index is 1.68. The summed E-state index contributed by atoms with van der Waals surface area (Å²) in [4.78, 5) is 45.5. The lowest BCUT2D eigenvalue weighted by atomic mass is 9.99. The number of carbonyl (C=O) groups is 3. The number of anilines is 3. The predicted molar refractivity (Wildman–Crippen MR) is 149 cm³/mol. The maximum atomic E-state index is 13.2. The number of hydrogen-bond acceptors (Lipinski definition) is 7. The van der Waals surface area contributed by atoms with Gasteiger partial charge in [-0.1, -0.05) is 6.07 Å². The molecule has 9 nitrogen and oxygen atoms in total. The molecule has 0 fully saturated rings. The van der Waals surface area contributed by atoms with Gasteiger partial charge in [-0.15, -0.1) is 0 Å². The van der Waals surface area contributed by atoms with Crippen LogP contribution in [-0.2, 0) is 14.3 Å². The molecule has 0 radical (unpaired) electrons. The maximum Gasteiger partial charge on any atom is 0.337 e. The van der Waals surface area contributed by atoms with Crippen LogP contribution in [-0.4, -0.2) is 62.0 Å². The van der Waals surface area contributed by atoms with Crippen molar-refractivity contribution in [2.45, 2.75) is 13.3 Å². The first kappa shape index (κ1) is 26.6. The number of esters is 1. The van der Waals surface area contributed by atoms with E-state index in [1.54, 1.807) is 48.5 Å². The lowest BCUT2D eigenvalue weighted by molar-refractivity contribution is -0.116. The van der Waals surface area contributed by atoms with Gasteiger partial charge in [0.25, 0.3) is 5.91 Å². The summed E-state index contributed by atoms with van der Waals surface area (Å²) in [5.74, 6) is -0.798. The highest BCUT2D eigenvalue weighted by molar-refractivity contribution is 6.37. The number of pyridine rings is 1. The first-order chi connectivity index (χ1) is 18.3. The molecule has 196 valence electrons. The van der Waals surface area contributed by atoms with Crippen molar-refractivity contribution >= 4 is 46.1 Å². The molecule has 1 aliphatic rings. The molecule has 2 amide bonds. The number of nitrogens with zero attached hydrogens (tertiary/aromatic N) is 3. The van der Waals surface area contributed by atoms with E-state index < -0.39 is 5.97 Å². The fraction of sp³-hybridized carbons (Fsp3) is 0.241. The molecule has 2 heterocycles. The van der Waals surface area contributed by atoms with Crippen LogP contribution in [0.15, 0.2) is 67.0 Å². The molecule has 0 spiro atoms. The van der Waals surface area contributed by atoms with Crippen LogP contribution >= 0.6 is 0 Å². The van der Waals surface area contributed by atoms with Crippen molar-refractivity contribution in [1.29, 1.82) is 0 Å². The summed E-state index contributed by atoms with van der Waals surface area (Å²) in [5, 5.41) is 6.24. The van der Waals surface area contributed by atoms with Crippen LogP contribution in [0.3, 0.4) is 0 Å². The number of rotatable bonds is 9. The molecule has 2 aromatic carbocycles. The maximum absolute atomic E-state index is 13.2. The zero-order chi connectivity index (χ0) is 27.2. The van der Waals surface area contributed by atoms with E-state index in [1.807, 2.05) is 44.4 Å². The van der Waals surface area contributed by atoms with Crippen molar-refractivity contribution in [1.82, 2.24) is 9.88 Å². The Labute approximate surface area is 222 Å². The number of nitrogens with one attached hydrogen (secondary N) is 2. The largest absolute Gasteiger partial charge is 0.465 e. The summed E-state index contributed by atoms with van der Waals surface area (Å²) in [6.07, 6.45) is 4.20. The molecule has 0 bridgehead atoms. The van der Waals surface area contributed by atoms with E-state index in [-0.39, 0.29) is 11.8 Å². The Bertz CT molecular complexity index is 1370. The minimum absolute atomic E-state index is 0.0202. The number of ether oxygens (including phenoxy) is 1. The van der Waals surface area contributed by atoms with E-state index in [2.05, 4.69) is 20.5 Å². The first-order valence-corrected chi connectivity index (χ1v) is 12.3. The van der Waals surface area contributed by atoms with Gasteiger partial charge in [0, 0.05) is 48.4 Å². The van der Waals surface area contributed by atoms with Gasteiger partial charge in [-0.2, -0.15) is 0 Å². The zero-order valence-electron chi connectivity index (χ0n) is 21.9. The lowest BCUT2D eigenvalue weighted by Crippen LogP contribution is -2.31. The molecule has 0 saturated heterocycles. The van der Waals surface area contributed by atoms with Crippen molar-refractivity contribution in [3.63, 3.8) is 0 Å². The number of benzene rings is 2. The fourth-order valence-electron chi connectivity index (χ4n) is 4.34. The number of fused-ring (bicyclic) bond motifs is 1. The molecule has 2 N–H and O–H groups in total. The summed E-state index contributed by atoms with van der Waals surface area (Å²) in [7, 11) is 5.33. The first-order valence-electron chi connectivity index (χ1n) is 12.3. The third-order valence-electron chi connectivity index (χ3n) is 6.20. The fourth-order valence-corrected chi connectivity index (χ4v) is 4.34. The van der Waals surface area contributed by atoms with Crippen LogP contribution in [0.25, 0.3) is 11.3 Å². The molecule has 38 heavy (non-hydrogen) atoms. The molecule has 0 aliphatic carbocycles. The van der Waals surface area contributed by atoms with Gasteiger partial charge >= 0.3 is 5.97 Å². The molecule has 0 saturated carbocycles. The molecular weight excluding hydrogens is 482 g/mol. The average molecular weight is 514 g/mol. The van der Waals surface area contributed by atoms with E-state index in [1.165, 1.54) is 7.11 Å². The van der Waals surface area contributed by atoms with Crippen LogP contribution in [0, 0.1) is 0 Å². The van der Waals surface area contributed by atoms with Crippen molar-refractivity contribution in [2.24, 2.45) is 0 Å². The van der Waals surface area contributed by atoms with Crippen LogP contribution in [0.1, 0.15) is 34.8 Å². The quantitative estimate of drug-likeness (QED) is 0.328. The Kier molecular flexibility index (Phi) is 8.18. The normalized spacial score (nSPS) is 13.6. The van der Waals surface area contributed by atoms with E-state index in [4.69, 9.17) is 4.74 Å². The smallest absolute Gasteiger partial charge is 0.337 e. The SMILES string of the molecule is COC(=O)c1ccc2c(c1)NC(=O)/C2=C(\Nc1ccc(N(CCCN(C)C)C(C)=O)cc1)c1cccnc1. The van der Waals surface area contributed by atoms with Crippen LogP contribution < -0.4 is 15.5 Å². The summed E-state index contributed by atoms with van der Waals surface area (Å²) < 4.78 is 4.81. The second kappa shape index (κ2) is 11.7.